The molecule has 0 bridgehead atoms. The lowest BCUT2D eigenvalue weighted by Gasteiger charge is -2.18. The zero-order chi connectivity index (χ0) is 14.7. The first-order chi connectivity index (χ1) is 10.3. The molecule has 1 unspecified atom stereocenters. The molecule has 3 rings (SSSR count). The van der Waals surface area contributed by atoms with Crippen LogP contribution < -0.4 is 14.8 Å². The van der Waals surface area contributed by atoms with Crippen LogP contribution in [0.2, 0.25) is 0 Å². The highest BCUT2D eigenvalue weighted by atomic mass is 16.5. The first-order valence-corrected chi connectivity index (χ1v) is 7.38. The first kappa shape index (κ1) is 14.0. The van der Waals surface area contributed by atoms with Crippen molar-refractivity contribution in [2.45, 2.75) is 25.5 Å². The van der Waals surface area contributed by atoms with Gasteiger partial charge in [0.05, 0.1) is 7.11 Å². The van der Waals surface area contributed by atoms with Gasteiger partial charge in [-0.15, -0.1) is 0 Å². The van der Waals surface area contributed by atoms with Crippen LogP contribution >= 0.6 is 0 Å². The fourth-order valence-electron chi connectivity index (χ4n) is 2.70. The van der Waals surface area contributed by atoms with Crippen molar-refractivity contribution in [3.63, 3.8) is 0 Å². The van der Waals surface area contributed by atoms with Crippen molar-refractivity contribution >= 4 is 0 Å². The molecule has 2 atom stereocenters. The van der Waals surface area contributed by atoms with Gasteiger partial charge < -0.3 is 14.8 Å². The van der Waals surface area contributed by atoms with Gasteiger partial charge in [0.15, 0.2) is 0 Å². The summed E-state index contributed by atoms with van der Waals surface area (Å²) in [6.07, 6.45) is 1.20. The average molecular weight is 283 g/mol. The van der Waals surface area contributed by atoms with E-state index in [0.29, 0.717) is 0 Å². The van der Waals surface area contributed by atoms with Crippen LogP contribution in [0, 0.1) is 0 Å². The van der Waals surface area contributed by atoms with E-state index in [2.05, 4.69) is 36.5 Å². The van der Waals surface area contributed by atoms with E-state index in [1.165, 1.54) is 11.1 Å². The lowest BCUT2D eigenvalue weighted by atomic mass is 10.1. The molecule has 0 fully saturated rings. The predicted octanol–water partition coefficient (Wildman–Crippen LogP) is 3.35. The van der Waals surface area contributed by atoms with Crippen LogP contribution in [0.15, 0.2) is 48.5 Å². The van der Waals surface area contributed by atoms with E-state index < -0.39 is 0 Å². The lowest BCUT2D eigenvalue weighted by Crippen LogP contribution is -2.31. The second kappa shape index (κ2) is 6.19. The van der Waals surface area contributed by atoms with E-state index in [1.807, 2.05) is 24.3 Å². The molecule has 0 aromatic heterocycles. The van der Waals surface area contributed by atoms with Crippen LogP contribution in [0.4, 0.5) is 0 Å². The first-order valence-electron chi connectivity index (χ1n) is 7.38. The molecule has 1 N–H and O–H groups in total. The third-order valence-electron chi connectivity index (χ3n) is 3.96. The monoisotopic (exact) mass is 283 g/mol. The molecule has 0 amide bonds. The maximum atomic E-state index is 5.95. The molecule has 1 aliphatic heterocycles. The van der Waals surface area contributed by atoms with E-state index in [4.69, 9.17) is 9.47 Å². The molecule has 2 aromatic carbocycles. The number of nitrogens with one attached hydrogen (secondary N) is 1. The quantitative estimate of drug-likeness (QED) is 0.913. The highest BCUT2D eigenvalue weighted by Crippen LogP contribution is 2.28. The van der Waals surface area contributed by atoms with Crippen molar-refractivity contribution in [2.75, 3.05) is 13.7 Å². The topological polar surface area (TPSA) is 30.5 Å². The maximum Gasteiger partial charge on any atom is 0.123 e. The molecule has 2 aromatic rings. The molecule has 3 nitrogen and oxygen atoms in total. The Bertz CT molecular complexity index is 587. The predicted molar refractivity (Wildman–Crippen MR) is 84.0 cm³/mol. The van der Waals surface area contributed by atoms with Gasteiger partial charge in [-0.25, -0.2) is 0 Å². The van der Waals surface area contributed by atoms with Gasteiger partial charge in [-0.2, -0.15) is 0 Å². The molecule has 0 saturated carbocycles. The Kier molecular flexibility index (Phi) is 4.11. The number of fused-ring (bicyclic) bond motifs is 1. The van der Waals surface area contributed by atoms with Crippen molar-refractivity contribution in [1.29, 1.82) is 0 Å². The third kappa shape index (κ3) is 3.19. The van der Waals surface area contributed by atoms with Crippen molar-refractivity contribution in [3.8, 4) is 11.5 Å². The zero-order valence-electron chi connectivity index (χ0n) is 12.5. The van der Waals surface area contributed by atoms with Crippen LogP contribution in [0.5, 0.6) is 11.5 Å². The van der Waals surface area contributed by atoms with E-state index >= 15 is 0 Å². The number of benzene rings is 2. The molecule has 0 aliphatic carbocycles. The van der Waals surface area contributed by atoms with Crippen LogP contribution in [-0.2, 0) is 6.42 Å². The second-order valence-corrected chi connectivity index (χ2v) is 5.46. The molecular formula is C18H21NO2. The van der Waals surface area contributed by atoms with Crippen LogP contribution in [0.3, 0.4) is 0 Å². The lowest BCUT2D eigenvalue weighted by molar-refractivity contribution is 0.222. The fourth-order valence-corrected chi connectivity index (χ4v) is 2.70. The van der Waals surface area contributed by atoms with Crippen molar-refractivity contribution in [2.24, 2.45) is 0 Å². The van der Waals surface area contributed by atoms with E-state index in [9.17, 15) is 0 Å². The zero-order valence-corrected chi connectivity index (χ0v) is 12.5. The largest absolute Gasteiger partial charge is 0.497 e. The number of hydrogen-bond donors (Lipinski definition) is 1. The summed E-state index contributed by atoms with van der Waals surface area (Å²) in [4.78, 5) is 0. The maximum absolute atomic E-state index is 5.95. The average Bonchev–Trinajstić information content (AvgIpc) is 2.95. The number of ether oxygens (including phenoxy) is 2. The summed E-state index contributed by atoms with van der Waals surface area (Å²) in [5.41, 5.74) is 2.53. The summed E-state index contributed by atoms with van der Waals surface area (Å²) in [5, 5.41) is 3.55. The standard InChI is InChI=1S/C18H21NO2/c1-13(14-7-5-8-16(10-14)20-2)19-12-17-11-15-6-3-4-9-18(15)21-17/h3-10,13,17,19H,11-12H2,1-2H3/t13-,17?/m1/s1. The van der Waals surface area contributed by atoms with Gasteiger partial charge in [0.1, 0.15) is 17.6 Å². The van der Waals surface area contributed by atoms with Gasteiger partial charge in [-0.1, -0.05) is 30.3 Å². The van der Waals surface area contributed by atoms with Crippen molar-refractivity contribution in [1.82, 2.24) is 5.32 Å². The van der Waals surface area contributed by atoms with Gasteiger partial charge in [-0.05, 0) is 36.2 Å². The number of para-hydroxylation sites is 1. The molecule has 3 heteroatoms. The summed E-state index contributed by atoms with van der Waals surface area (Å²) in [6.45, 7) is 3.00. The summed E-state index contributed by atoms with van der Waals surface area (Å²) in [6, 6.07) is 16.7. The van der Waals surface area contributed by atoms with Crippen LogP contribution in [-0.4, -0.2) is 19.8 Å². The molecule has 0 saturated heterocycles. The fraction of sp³-hybridized carbons (Fsp3) is 0.333. The minimum Gasteiger partial charge on any atom is -0.497 e. The van der Waals surface area contributed by atoms with Crippen molar-refractivity contribution < 1.29 is 9.47 Å². The Balaban J connectivity index is 1.56. The van der Waals surface area contributed by atoms with Gasteiger partial charge in [-0.3, -0.25) is 0 Å². The smallest absolute Gasteiger partial charge is 0.123 e. The Morgan fingerprint density at radius 2 is 2.10 bits per heavy atom. The molecule has 110 valence electrons. The van der Waals surface area contributed by atoms with Gasteiger partial charge in [0.2, 0.25) is 0 Å². The Morgan fingerprint density at radius 1 is 1.24 bits per heavy atom. The van der Waals surface area contributed by atoms with Gasteiger partial charge >= 0.3 is 0 Å². The Morgan fingerprint density at radius 3 is 2.90 bits per heavy atom. The molecule has 1 aliphatic rings. The highest BCUT2D eigenvalue weighted by Gasteiger charge is 2.22. The highest BCUT2D eigenvalue weighted by molar-refractivity contribution is 5.37. The second-order valence-electron chi connectivity index (χ2n) is 5.46. The summed E-state index contributed by atoms with van der Waals surface area (Å²) in [5.74, 6) is 1.92. The van der Waals surface area contributed by atoms with Crippen LogP contribution in [0.25, 0.3) is 0 Å². The summed E-state index contributed by atoms with van der Waals surface area (Å²) in [7, 11) is 1.70. The molecule has 1 heterocycles. The SMILES string of the molecule is COc1cccc([C@@H](C)NCC2Cc3ccccc3O2)c1. The molecule has 0 spiro atoms. The van der Waals surface area contributed by atoms with E-state index in [-0.39, 0.29) is 12.1 Å². The molecular weight excluding hydrogens is 262 g/mol. The van der Waals surface area contributed by atoms with Crippen molar-refractivity contribution in [3.05, 3.63) is 59.7 Å². The number of methoxy groups -OCH3 is 1. The van der Waals surface area contributed by atoms with Gasteiger partial charge in [0.25, 0.3) is 0 Å². The molecule has 21 heavy (non-hydrogen) atoms. The normalized spacial score (nSPS) is 17.9. The minimum absolute atomic E-state index is 0.218. The molecule has 0 radical (unpaired) electrons. The van der Waals surface area contributed by atoms with Crippen LogP contribution in [0.1, 0.15) is 24.1 Å². The summed E-state index contributed by atoms with van der Waals surface area (Å²) >= 11 is 0. The Labute approximate surface area is 125 Å². The minimum atomic E-state index is 0.218. The third-order valence-corrected chi connectivity index (χ3v) is 3.96. The van der Waals surface area contributed by atoms with E-state index in [1.54, 1.807) is 7.11 Å². The Hall–Kier alpha value is -2.00. The summed E-state index contributed by atoms with van der Waals surface area (Å²) < 4.78 is 11.2. The number of hydrogen-bond acceptors (Lipinski definition) is 3. The van der Waals surface area contributed by atoms with E-state index in [0.717, 1.165) is 24.5 Å². The van der Waals surface area contributed by atoms with Gasteiger partial charge in [0, 0.05) is 19.0 Å². The number of rotatable bonds is 5.